The molecule has 0 aromatic carbocycles. The second-order valence-corrected chi connectivity index (χ2v) is 36.6. The third kappa shape index (κ3) is 25.8. The number of hydrogen-bond acceptors (Lipinski definition) is 60. The van der Waals surface area contributed by atoms with Crippen molar-refractivity contribution < 1.29 is 297 Å². The smallest absolute Gasteiger partial charge is 0.217 e. The van der Waals surface area contributed by atoms with Gasteiger partial charge in [0.1, 0.15) is 287 Å². The van der Waals surface area contributed by atoms with Crippen molar-refractivity contribution >= 4 is 23.6 Å². The van der Waals surface area contributed by atoms with Gasteiger partial charge in [-0.05, 0) is 6.92 Å². The molecule has 4 amide bonds. The topological polar surface area (TPSA) is 996 Å². The van der Waals surface area contributed by atoms with Crippen molar-refractivity contribution in [3.8, 4) is 0 Å². The molecule has 37 N–H and O–H groups in total. The fraction of sp³-hybridized carbons (Fsp3) is 0.950. The summed E-state index contributed by atoms with van der Waals surface area (Å²) in [7, 11) is 0. The number of carbonyl (C=O) groups excluding carboxylic acids is 4. The van der Waals surface area contributed by atoms with Crippen molar-refractivity contribution in [3.05, 3.63) is 0 Å². The van der Waals surface area contributed by atoms with Gasteiger partial charge >= 0.3 is 0 Å². The molecular weight excluding hydrogens is 1980 g/mol. The predicted octanol–water partition coefficient (Wildman–Crippen LogP) is -25.6. The van der Waals surface area contributed by atoms with Gasteiger partial charge in [0.05, 0.1) is 78.8 Å². The minimum absolute atomic E-state index is 0.835. The molecule has 0 aliphatic carbocycles. The highest BCUT2D eigenvalue weighted by molar-refractivity contribution is 5.74. The van der Waals surface area contributed by atoms with Crippen molar-refractivity contribution in [2.45, 2.75) is 403 Å². The molecule has 0 saturated carbocycles. The summed E-state index contributed by atoms with van der Waals surface area (Å²) in [5, 5.41) is 383. The SMILES string of the molecule is CC(=O)N[C@@H]1[C@@H](O)[C@H](O[C@@H]2O[C@H](CO)[C@@H](O[C@@H]3O[C@H](CO[C@H]4O[C@H](CO[C@H]5O[C@H](CO)[C@@H](O)[C@H](O)[C@@H]5O)[C@@H](O)[C@H](O[C@H]5O[C@H](CO)[C@@H](O)[C@H](O)[C@@H]5O)[C@@H]4O)[C@@H](O)[C@H](O[C@H]4O[C@H](CO)[C@@H](O[C@@H]5O[C@H](CO)[C@@H](O[C@@H]6O[C@H](CO)[C@H](O)[C@H](O)[C@H]6O)[C@H](O)[C@H]5NC(C)=O)[C@H](O)[C@@H]4O[C@@H]4O[C@H](CO)[C@@H](O[C@@H]5O[C@H](CO)[C@H](O)[C@H](O)[C@H]5O)[C@H](O[C@@H]5O[C@@H](C)[C@@H](O)[C@@H](O)[C@@H]5O)[C@H]4NC(C)=O)[C@@H]3O)[C@H](O)[C@H]2NC(C)=O)[C@@H](CO)O[C@H]1O. The summed E-state index contributed by atoms with van der Waals surface area (Å²) in [5.41, 5.74) is 0. The molecule has 0 radical (unpaired) electrons. The van der Waals surface area contributed by atoms with Crippen LogP contribution in [0.1, 0.15) is 34.6 Å². The van der Waals surface area contributed by atoms with Gasteiger partial charge in [0.2, 0.25) is 23.6 Å². The van der Waals surface area contributed by atoms with Gasteiger partial charge in [-0.3, -0.25) is 19.2 Å². The first-order valence-corrected chi connectivity index (χ1v) is 46.0. The number of rotatable bonds is 37. The maximum absolute atomic E-state index is 14.0. The molecule has 12 aliphatic heterocycles. The lowest BCUT2D eigenvalue weighted by atomic mass is 9.93. The number of carbonyl (C=O) groups is 4. The van der Waals surface area contributed by atoms with E-state index in [2.05, 4.69) is 21.3 Å². The zero-order valence-corrected chi connectivity index (χ0v) is 77.2. The molecule has 60 atom stereocenters. The molecular formula is C80H134N4O60. The Balaban J connectivity index is 0.965. The highest BCUT2D eigenvalue weighted by atomic mass is 16.8. The number of hydrogen-bond donors (Lipinski definition) is 37. The summed E-state index contributed by atoms with van der Waals surface area (Å²) >= 11 is 0. The summed E-state index contributed by atoms with van der Waals surface area (Å²) in [6.45, 7) is -8.44. The van der Waals surface area contributed by atoms with Crippen LogP contribution in [0.4, 0.5) is 0 Å². The summed E-state index contributed by atoms with van der Waals surface area (Å²) in [4.78, 5) is 53.0. The second kappa shape index (κ2) is 51.6. The normalized spacial score (nSPS) is 50.4. The molecule has 64 nitrogen and oxygen atoms in total. The fourth-order valence-corrected chi connectivity index (χ4v) is 18.8. The first kappa shape index (κ1) is 118. The molecule has 0 unspecified atom stereocenters. The van der Waals surface area contributed by atoms with Gasteiger partial charge in [-0.2, -0.15) is 0 Å². The van der Waals surface area contributed by atoms with Crippen molar-refractivity contribution in [2.24, 2.45) is 0 Å². The van der Waals surface area contributed by atoms with Gasteiger partial charge in [-0.1, -0.05) is 0 Å². The van der Waals surface area contributed by atoms with E-state index >= 15 is 0 Å². The van der Waals surface area contributed by atoms with E-state index in [1.54, 1.807) is 0 Å². The molecule has 12 rings (SSSR count). The Labute approximate surface area is 814 Å². The van der Waals surface area contributed by atoms with Crippen LogP contribution in [0.2, 0.25) is 0 Å². The molecule has 0 aromatic heterocycles. The van der Waals surface area contributed by atoms with Gasteiger partial charge in [-0.15, -0.1) is 0 Å². The minimum Gasteiger partial charge on any atom is -0.394 e. The van der Waals surface area contributed by atoms with E-state index in [4.69, 9.17) is 109 Å². The van der Waals surface area contributed by atoms with Gasteiger partial charge in [0.15, 0.2) is 75.5 Å². The standard InChI is InChI=1S/C80H134N4O60/c1-17-37(98)47(108)53(114)75(124-17)141-65-36(84-21(5)97)72(132-30(14-93)64(65)140-77-55(116)50(111)40(101)24(8-87)128-77)144-68-57(118)63(137-71-35(83-20(4)96)45(106)61(27(11-90)131-71)138-76-54(115)49(110)39(100)23(7-86)127-76)29(13-92)133-80(68)143-67-43(104)32(135-79(59(67)120)139-62-28(12-91)130-70(34(46(62)107)82-19(3)95)136-60-26(10-89)125-69(121)33(44(60)105)81-18(2)94)16-123-74-58(119)66(142-78-56(117)51(112)41(102)25(9-88)129-78)42(103)31(134-74)15-122-73-52(113)48(109)38(99)22(6-85)126-73/h17,22-80,85-93,98-121H,6-16H2,1-5H3,(H,81,94)(H,82,95)(H,83,96)(H,84,97)/t17-,22+,23+,24+,25+,26+,27+,28+,29+,30+,31+,32+,33+,34+,35+,36+,37+,38+,39-,40-,41+,42+,43+,44+,45+,46+,47+,48-,49-,50-,51-,52-,53-,54+,55+,56-,57-,58-,59-,60+,61+,62+,63+,64+,65+,66-,67-,68-,69+,70-,71-,72-,73-,74-,75-,76-,77-,78+,79-,80+/m0/s1. The molecule has 64 heteroatoms. The lowest BCUT2D eigenvalue weighted by Gasteiger charge is -2.53. The molecule has 0 aromatic rings. The summed E-state index contributed by atoms with van der Waals surface area (Å²) in [5.74, 6) is -4.07. The Morgan fingerprint density at radius 2 is 0.431 bits per heavy atom. The van der Waals surface area contributed by atoms with Crippen LogP contribution in [0, 0.1) is 0 Å². The molecule has 12 heterocycles. The highest BCUT2D eigenvalue weighted by Crippen LogP contribution is 2.43. The van der Waals surface area contributed by atoms with Crippen molar-refractivity contribution in [3.63, 3.8) is 0 Å². The first-order chi connectivity index (χ1) is 68.1. The molecule has 12 saturated heterocycles. The van der Waals surface area contributed by atoms with E-state index in [0.29, 0.717) is 0 Å². The van der Waals surface area contributed by atoms with E-state index in [9.17, 15) is 188 Å². The molecule has 144 heavy (non-hydrogen) atoms. The fourth-order valence-electron chi connectivity index (χ4n) is 18.8. The quantitative estimate of drug-likeness (QED) is 0.0275. The number of aliphatic hydroxyl groups is 33. The Bertz CT molecular complexity index is 3970. The van der Waals surface area contributed by atoms with E-state index in [0.717, 1.165) is 27.7 Å². The molecule has 12 fully saturated rings. The first-order valence-electron chi connectivity index (χ1n) is 46.0. The second-order valence-electron chi connectivity index (χ2n) is 36.6. The Morgan fingerprint density at radius 3 is 0.819 bits per heavy atom. The van der Waals surface area contributed by atoms with E-state index in [1.165, 1.54) is 6.92 Å². The van der Waals surface area contributed by atoms with Crippen LogP contribution in [0.25, 0.3) is 0 Å². The van der Waals surface area contributed by atoms with Crippen LogP contribution in [-0.4, -0.2) is 633 Å². The largest absolute Gasteiger partial charge is 0.394 e. The third-order valence-corrected chi connectivity index (χ3v) is 26.6. The van der Waals surface area contributed by atoms with Gasteiger partial charge < -0.3 is 299 Å². The van der Waals surface area contributed by atoms with Gasteiger partial charge in [-0.25, -0.2) is 0 Å². The van der Waals surface area contributed by atoms with Crippen molar-refractivity contribution in [2.75, 3.05) is 72.7 Å². The number of ether oxygens (including phenoxy) is 23. The minimum atomic E-state index is -2.82. The lowest BCUT2D eigenvalue weighted by molar-refractivity contribution is -0.410. The molecule has 834 valence electrons. The van der Waals surface area contributed by atoms with E-state index in [-0.39, 0.29) is 0 Å². The zero-order valence-electron chi connectivity index (χ0n) is 77.2. The van der Waals surface area contributed by atoms with Gasteiger partial charge in [0, 0.05) is 27.7 Å². The molecule has 0 bridgehead atoms. The van der Waals surface area contributed by atoms with Crippen LogP contribution in [0.3, 0.4) is 0 Å². The van der Waals surface area contributed by atoms with Crippen molar-refractivity contribution in [1.29, 1.82) is 0 Å². The van der Waals surface area contributed by atoms with E-state index < -0.39 is 465 Å². The lowest BCUT2D eigenvalue weighted by Crippen LogP contribution is -2.72. The van der Waals surface area contributed by atoms with Crippen LogP contribution >= 0.6 is 0 Å². The molecule has 0 spiro atoms. The monoisotopic (exact) mass is 2110 g/mol. The Hall–Kier alpha value is -4.36. The number of amides is 4. The van der Waals surface area contributed by atoms with Crippen LogP contribution in [-0.2, 0) is 128 Å². The Kier molecular flexibility index (Phi) is 42.4. The maximum Gasteiger partial charge on any atom is 0.217 e. The van der Waals surface area contributed by atoms with Crippen LogP contribution < -0.4 is 21.3 Å². The van der Waals surface area contributed by atoms with Crippen LogP contribution in [0.5, 0.6) is 0 Å². The number of aliphatic hydroxyl groups excluding tert-OH is 33. The summed E-state index contributed by atoms with van der Waals surface area (Å²) in [6.07, 6.45) is -124. The molecule has 12 aliphatic rings. The Morgan fingerprint density at radius 1 is 0.194 bits per heavy atom. The highest BCUT2D eigenvalue weighted by Gasteiger charge is 2.64. The average molecular weight is 2110 g/mol. The van der Waals surface area contributed by atoms with Crippen LogP contribution in [0.15, 0.2) is 0 Å². The summed E-state index contributed by atoms with van der Waals surface area (Å²) in [6, 6.07) is -8.17. The zero-order chi connectivity index (χ0) is 106. The number of nitrogens with one attached hydrogen (secondary N) is 4. The predicted molar refractivity (Wildman–Crippen MR) is 440 cm³/mol. The average Bonchev–Trinajstić information content (AvgIpc) is 0.756. The third-order valence-electron chi connectivity index (χ3n) is 26.6. The van der Waals surface area contributed by atoms with E-state index in [1.807, 2.05) is 0 Å². The summed E-state index contributed by atoms with van der Waals surface area (Å²) < 4.78 is 139. The van der Waals surface area contributed by atoms with Crippen molar-refractivity contribution in [1.82, 2.24) is 21.3 Å². The van der Waals surface area contributed by atoms with Gasteiger partial charge in [0.25, 0.3) is 0 Å². The maximum atomic E-state index is 14.0.